The average molecular weight is 452 g/mol. The lowest BCUT2D eigenvalue weighted by atomic mass is 9.83. The monoisotopic (exact) mass is 452 g/mol. The van der Waals surface area contributed by atoms with Crippen LogP contribution in [-0.4, -0.2) is 54.8 Å². The number of aliphatic hydroxyl groups excluding tert-OH is 1. The summed E-state index contributed by atoms with van der Waals surface area (Å²) < 4.78 is 5.32. The highest BCUT2D eigenvalue weighted by atomic mass is 16.5. The molecule has 1 fully saturated rings. The van der Waals surface area contributed by atoms with E-state index in [0.29, 0.717) is 13.1 Å². The van der Waals surface area contributed by atoms with Crippen LogP contribution >= 0.6 is 0 Å². The molecule has 0 radical (unpaired) electrons. The predicted octanol–water partition coefficient (Wildman–Crippen LogP) is 3.92. The Balaban J connectivity index is 1.60. The van der Waals surface area contributed by atoms with E-state index >= 15 is 0 Å². The summed E-state index contributed by atoms with van der Waals surface area (Å²) in [6.07, 6.45) is 8.13. The lowest BCUT2D eigenvalue weighted by Crippen LogP contribution is -2.49. The zero-order valence-corrected chi connectivity index (χ0v) is 20.5. The van der Waals surface area contributed by atoms with Gasteiger partial charge in [-0.25, -0.2) is 0 Å². The van der Waals surface area contributed by atoms with Gasteiger partial charge in [-0.15, -0.1) is 0 Å². The topological polar surface area (TPSA) is 65.0 Å². The molecule has 180 valence electrons. The molecule has 0 saturated heterocycles. The second-order valence-corrected chi connectivity index (χ2v) is 9.61. The fraction of sp³-hybridized carbons (Fsp3) is 0.556. The lowest BCUT2D eigenvalue weighted by Gasteiger charge is -2.30. The van der Waals surface area contributed by atoms with Gasteiger partial charge in [0.15, 0.2) is 0 Å². The van der Waals surface area contributed by atoms with Crippen molar-refractivity contribution in [1.29, 1.82) is 0 Å². The Morgan fingerprint density at radius 1 is 1.06 bits per heavy atom. The predicted molar refractivity (Wildman–Crippen MR) is 137 cm³/mol. The van der Waals surface area contributed by atoms with Crippen LogP contribution in [0.4, 0.5) is 0 Å². The van der Waals surface area contributed by atoms with Gasteiger partial charge in [-0.05, 0) is 61.5 Å². The molecule has 1 aliphatic rings. The molecule has 5 nitrogen and oxygen atoms in total. The van der Waals surface area contributed by atoms with Gasteiger partial charge >= 0.3 is 7.05 Å². The van der Waals surface area contributed by atoms with E-state index in [0.717, 1.165) is 30.1 Å². The normalized spacial score (nSPS) is 16.5. The Morgan fingerprint density at radius 3 is 2.45 bits per heavy atom. The fourth-order valence-electron chi connectivity index (χ4n) is 5.01. The summed E-state index contributed by atoms with van der Waals surface area (Å²) >= 11 is 0. The maximum atomic E-state index is 11.1. The molecule has 2 aromatic carbocycles. The molecular formula is C27H41BN2O3. The highest BCUT2D eigenvalue weighted by molar-refractivity contribution is 6.45. The molecule has 0 aromatic heterocycles. The van der Waals surface area contributed by atoms with E-state index in [1.165, 1.54) is 43.2 Å². The first-order valence-corrected chi connectivity index (χ1v) is 12.5. The van der Waals surface area contributed by atoms with Crippen LogP contribution in [0.5, 0.6) is 5.75 Å². The van der Waals surface area contributed by atoms with Crippen LogP contribution in [-0.2, 0) is 19.4 Å². The summed E-state index contributed by atoms with van der Waals surface area (Å²) in [7, 11) is 2.88. The number of hydrogen-bond donors (Lipinski definition) is 3. The first kappa shape index (κ1) is 25.8. The van der Waals surface area contributed by atoms with Gasteiger partial charge in [-0.1, -0.05) is 68.5 Å². The molecule has 1 aliphatic carbocycles. The van der Waals surface area contributed by atoms with E-state index in [1.54, 1.807) is 13.9 Å². The molecule has 0 spiro atoms. The van der Waals surface area contributed by atoms with Crippen LogP contribution in [0.25, 0.3) is 0 Å². The molecule has 0 aliphatic heterocycles. The van der Waals surface area contributed by atoms with Crippen molar-refractivity contribution in [3.8, 4) is 5.75 Å². The smallest absolute Gasteiger partial charge is 0.376 e. The first-order valence-electron chi connectivity index (χ1n) is 12.5. The molecule has 0 amide bonds. The maximum absolute atomic E-state index is 11.1. The van der Waals surface area contributed by atoms with Crippen LogP contribution in [0, 0.1) is 5.92 Å². The zero-order valence-electron chi connectivity index (χ0n) is 20.5. The third kappa shape index (κ3) is 8.15. The third-order valence-corrected chi connectivity index (χ3v) is 7.00. The molecular weight excluding hydrogens is 411 g/mol. The van der Waals surface area contributed by atoms with Crippen molar-refractivity contribution in [2.45, 2.75) is 70.5 Å². The summed E-state index contributed by atoms with van der Waals surface area (Å²) in [5.74, 6) is 1.61. The molecule has 3 rings (SSSR count). The van der Waals surface area contributed by atoms with Gasteiger partial charge in [0.25, 0.3) is 0 Å². The van der Waals surface area contributed by atoms with Crippen molar-refractivity contribution in [2.24, 2.45) is 5.92 Å². The Bertz CT molecular complexity index is 842. The number of likely N-dealkylation sites (N-methyl/N-ethyl adjacent to an activating group) is 1. The van der Waals surface area contributed by atoms with E-state index in [1.807, 2.05) is 36.1 Å². The van der Waals surface area contributed by atoms with Crippen LogP contribution in [0.3, 0.4) is 0 Å². The van der Waals surface area contributed by atoms with Crippen molar-refractivity contribution in [3.63, 3.8) is 0 Å². The minimum atomic E-state index is -0.665. The second-order valence-electron chi connectivity index (χ2n) is 9.61. The van der Waals surface area contributed by atoms with Crippen LogP contribution in [0.15, 0.2) is 48.5 Å². The zero-order chi connectivity index (χ0) is 23.6. The summed E-state index contributed by atoms with van der Waals surface area (Å²) in [4.78, 5) is 1.89. The maximum Gasteiger partial charge on any atom is 0.376 e. The Kier molecular flexibility index (Phi) is 10.3. The SMILES string of the molecule is CN[C@@H](Cc1cccc(CC2CCCCC2)c1)[C@H](O)CN(Cc1cccc(OC)c1)B(C)O. The second kappa shape index (κ2) is 13.1. The van der Waals surface area contributed by atoms with Gasteiger partial charge in [0.2, 0.25) is 0 Å². The minimum absolute atomic E-state index is 0.0958. The van der Waals surface area contributed by atoms with Crippen molar-refractivity contribution in [3.05, 3.63) is 65.2 Å². The van der Waals surface area contributed by atoms with Crippen molar-refractivity contribution in [1.82, 2.24) is 10.1 Å². The van der Waals surface area contributed by atoms with Gasteiger partial charge in [-0.2, -0.15) is 0 Å². The van der Waals surface area contributed by atoms with Gasteiger partial charge in [0.1, 0.15) is 5.75 Å². The van der Waals surface area contributed by atoms with Gasteiger partial charge in [0.05, 0.1) is 13.2 Å². The van der Waals surface area contributed by atoms with Gasteiger partial charge < -0.3 is 25.0 Å². The molecule has 2 aromatic rings. The molecule has 1 saturated carbocycles. The fourth-order valence-corrected chi connectivity index (χ4v) is 5.01. The van der Waals surface area contributed by atoms with Gasteiger partial charge in [0, 0.05) is 19.1 Å². The van der Waals surface area contributed by atoms with E-state index in [-0.39, 0.29) is 6.04 Å². The number of ether oxygens (including phenoxy) is 1. The van der Waals surface area contributed by atoms with Crippen LogP contribution in [0.2, 0.25) is 6.82 Å². The van der Waals surface area contributed by atoms with Crippen molar-refractivity contribution < 1.29 is 14.9 Å². The van der Waals surface area contributed by atoms with Crippen LogP contribution in [0.1, 0.15) is 48.8 Å². The summed E-state index contributed by atoms with van der Waals surface area (Å²) in [6.45, 7) is 2.66. The van der Waals surface area contributed by atoms with Crippen LogP contribution < -0.4 is 10.1 Å². The summed E-state index contributed by atoms with van der Waals surface area (Å²) in [6, 6.07) is 16.6. The molecule has 3 N–H and O–H groups in total. The highest BCUT2D eigenvalue weighted by Crippen LogP contribution is 2.27. The first-order chi connectivity index (χ1) is 16.0. The largest absolute Gasteiger partial charge is 0.497 e. The molecule has 0 unspecified atom stereocenters. The van der Waals surface area contributed by atoms with E-state index < -0.39 is 13.2 Å². The molecule has 0 heterocycles. The molecule has 2 atom stereocenters. The number of benzene rings is 2. The average Bonchev–Trinajstić information content (AvgIpc) is 2.83. The molecule has 33 heavy (non-hydrogen) atoms. The Hall–Kier alpha value is -1.86. The highest BCUT2D eigenvalue weighted by Gasteiger charge is 2.25. The summed E-state index contributed by atoms with van der Waals surface area (Å²) in [5, 5.41) is 24.7. The Morgan fingerprint density at radius 2 is 1.76 bits per heavy atom. The van der Waals surface area contributed by atoms with Crippen molar-refractivity contribution in [2.75, 3.05) is 20.7 Å². The number of nitrogens with one attached hydrogen (secondary N) is 1. The summed E-state index contributed by atoms with van der Waals surface area (Å²) in [5.41, 5.74) is 3.70. The quantitative estimate of drug-likeness (QED) is 0.426. The number of nitrogens with zero attached hydrogens (tertiary/aromatic N) is 1. The van der Waals surface area contributed by atoms with Gasteiger partial charge in [-0.3, -0.25) is 0 Å². The van der Waals surface area contributed by atoms with Crippen molar-refractivity contribution >= 4 is 7.05 Å². The number of rotatable bonds is 12. The minimum Gasteiger partial charge on any atom is -0.497 e. The molecule has 0 bridgehead atoms. The number of methoxy groups -OCH3 is 1. The number of hydrogen-bond acceptors (Lipinski definition) is 5. The van der Waals surface area contributed by atoms with E-state index in [2.05, 4.69) is 29.6 Å². The standard InChI is InChI=1S/C27H41BN2O3/c1-28(32)30(19-24-13-8-14-25(17-24)33-3)20-27(31)26(29-2)18-23-12-7-11-22(16-23)15-21-9-5-4-6-10-21/h7-8,11-14,16-17,21,26-27,29,31-32H,4-6,9-10,15,18-20H2,1-3H3/t26-,27+/m0/s1. The third-order valence-electron chi connectivity index (χ3n) is 7.00. The molecule has 6 heteroatoms. The Labute approximate surface area is 200 Å². The van der Waals surface area contributed by atoms with E-state index in [4.69, 9.17) is 4.74 Å². The van der Waals surface area contributed by atoms with E-state index in [9.17, 15) is 10.1 Å². The lowest BCUT2D eigenvalue weighted by molar-refractivity contribution is 0.101. The number of aliphatic hydroxyl groups is 1.